The summed E-state index contributed by atoms with van der Waals surface area (Å²) in [7, 11) is 0. The number of carboxylic acids is 1. The van der Waals surface area contributed by atoms with E-state index in [2.05, 4.69) is 10.2 Å². The highest BCUT2D eigenvalue weighted by Gasteiger charge is 2.19. The molecule has 0 aliphatic heterocycles. The van der Waals surface area contributed by atoms with Gasteiger partial charge in [0.2, 0.25) is 5.88 Å². The van der Waals surface area contributed by atoms with Crippen molar-refractivity contribution in [2.45, 2.75) is 26.4 Å². The zero-order valence-electron chi connectivity index (χ0n) is 14.9. The molecule has 0 radical (unpaired) electrons. The number of rotatable bonds is 6. The van der Waals surface area contributed by atoms with Gasteiger partial charge in [-0.05, 0) is 26.0 Å². The van der Waals surface area contributed by atoms with E-state index in [0.717, 1.165) is 0 Å². The van der Waals surface area contributed by atoms with Gasteiger partial charge < -0.3 is 15.6 Å². The first-order valence-corrected chi connectivity index (χ1v) is 8.23. The van der Waals surface area contributed by atoms with Crippen LogP contribution in [0.25, 0.3) is 5.69 Å². The van der Waals surface area contributed by atoms with Crippen LogP contribution in [0.4, 0.5) is 0 Å². The Hall–Kier alpha value is -3.46. The maximum Gasteiger partial charge on any atom is 0.322 e. The van der Waals surface area contributed by atoms with Gasteiger partial charge >= 0.3 is 5.97 Å². The minimum atomic E-state index is -1.11. The van der Waals surface area contributed by atoms with Crippen LogP contribution in [0.1, 0.15) is 11.4 Å². The first-order valence-electron chi connectivity index (χ1n) is 8.23. The van der Waals surface area contributed by atoms with E-state index in [1.807, 2.05) is 6.07 Å². The highest BCUT2D eigenvalue weighted by Crippen LogP contribution is 2.27. The lowest BCUT2D eigenvalue weighted by Crippen LogP contribution is -2.35. The maximum absolute atomic E-state index is 12.1. The second-order valence-corrected chi connectivity index (χ2v) is 5.99. The van der Waals surface area contributed by atoms with Crippen LogP contribution in [0.2, 0.25) is 0 Å². The van der Waals surface area contributed by atoms with Crippen molar-refractivity contribution in [2.75, 3.05) is 0 Å². The monoisotopic (exact) mass is 369 g/mol. The molecule has 140 valence electrons. The predicted molar refractivity (Wildman–Crippen MR) is 97.2 cm³/mol. The molecule has 1 aromatic carbocycles. The number of aliphatic carboxylic acids is 1. The van der Waals surface area contributed by atoms with Crippen LogP contribution in [0.5, 0.6) is 11.6 Å². The van der Waals surface area contributed by atoms with Gasteiger partial charge in [0.05, 0.1) is 17.9 Å². The van der Waals surface area contributed by atoms with Crippen LogP contribution in [-0.2, 0) is 11.3 Å². The van der Waals surface area contributed by atoms with Gasteiger partial charge in [0.25, 0.3) is 5.56 Å². The van der Waals surface area contributed by atoms with Crippen LogP contribution in [0.15, 0.2) is 47.3 Å². The molecule has 0 unspecified atom stereocenters. The summed E-state index contributed by atoms with van der Waals surface area (Å²) in [5, 5.41) is 17.5. The van der Waals surface area contributed by atoms with E-state index >= 15 is 0 Å². The maximum atomic E-state index is 12.1. The number of aryl methyl sites for hydroxylation is 1. The van der Waals surface area contributed by atoms with Gasteiger partial charge in [-0.25, -0.2) is 0 Å². The van der Waals surface area contributed by atoms with Crippen LogP contribution in [0, 0.1) is 13.8 Å². The number of nitrogens with two attached hydrogens (primary N) is 1. The fourth-order valence-electron chi connectivity index (χ4n) is 2.58. The molecule has 9 nitrogen and oxygen atoms in total. The molecule has 0 bridgehead atoms. The van der Waals surface area contributed by atoms with Gasteiger partial charge in [-0.2, -0.15) is 9.78 Å². The van der Waals surface area contributed by atoms with E-state index in [9.17, 15) is 9.59 Å². The van der Waals surface area contributed by atoms with E-state index in [4.69, 9.17) is 15.6 Å². The lowest BCUT2D eigenvalue weighted by Gasteiger charge is -2.10. The summed E-state index contributed by atoms with van der Waals surface area (Å²) in [4.78, 5) is 23.1. The molecular weight excluding hydrogens is 350 g/mol. The third-order valence-corrected chi connectivity index (χ3v) is 3.99. The molecule has 0 aliphatic carbocycles. The molecule has 0 fully saturated rings. The Bertz CT molecular complexity index is 1030. The number of hydrogen-bond acceptors (Lipinski definition) is 6. The second kappa shape index (κ2) is 7.42. The zero-order valence-corrected chi connectivity index (χ0v) is 14.9. The van der Waals surface area contributed by atoms with Gasteiger partial charge in [0, 0.05) is 12.1 Å². The number of hydrogen-bond donors (Lipinski definition) is 2. The molecule has 9 heteroatoms. The molecule has 0 amide bonds. The second-order valence-electron chi connectivity index (χ2n) is 5.99. The summed E-state index contributed by atoms with van der Waals surface area (Å²) in [5.41, 5.74) is 7.08. The number of aromatic nitrogens is 4. The number of carbonyl (C=O) groups is 1. The summed E-state index contributed by atoms with van der Waals surface area (Å²) in [6.45, 7) is 3.50. The smallest absolute Gasteiger partial charge is 0.322 e. The molecule has 0 aliphatic rings. The summed E-state index contributed by atoms with van der Waals surface area (Å²) < 4.78 is 8.56. The molecule has 0 saturated carbocycles. The minimum absolute atomic E-state index is 0.0162. The first-order chi connectivity index (χ1) is 12.9. The fourth-order valence-corrected chi connectivity index (χ4v) is 2.58. The summed E-state index contributed by atoms with van der Waals surface area (Å²) in [6.07, 6.45) is 0. The molecule has 3 rings (SSSR count). The average molecular weight is 369 g/mol. The molecule has 0 spiro atoms. The lowest BCUT2D eigenvalue weighted by molar-refractivity contribution is -0.138. The Balaban J connectivity index is 1.91. The van der Waals surface area contributed by atoms with Crippen molar-refractivity contribution in [3.8, 4) is 17.3 Å². The average Bonchev–Trinajstić information content (AvgIpc) is 2.91. The van der Waals surface area contributed by atoms with Crippen LogP contribution in [0.3, 0.4) is 0 Å². The van der Waals surface area contributed by atoms with Gasteiger partial charge in [0.15, 0.2) is 5.75 Å². The van der Waals surface area contributed by atoms with E-state index in [0.29, 0.717) is 22.8 Å². The molecule has 2 heterocycles. The molecule has 2 aromatic heterocycles. The lowest BCUT2D eigenvalue weighted by atomic mass is 10.3. The number of carboxylic acid groups (broad SMARTS) is 1. The van der Waals surface area contributed by atoms with E-state index in [1.54, 1.807) is 38.1 Å². The molecule has 3 N–H and O–H groups in total. The van der Waals surface area contributed by atoms with Crippen LogP contribution >= 0.6 is 0 Å². The van der Waals surface area contributed by atoms with Crippen LogP contribution in [-0.4, -0.2) is 36.7 Å². The zero-order chi connectivity index (χ0) is 19.6. The van der Waals surface area contributed by atoms with Crippen molar-refractivity contribution in [3.05, 3.63) is 64.2 Å². The Morgan fingerprint density at radius 3 is 2.56 bits per heavy atom. The molecule has 3 aromatic rings. The Labute approximate surface area is 154 Å². The van der Waals surface area contributed by atoms with Crippen molar-refractivity contribution in [1.29, 1.82) is 0 Å². The van der Waals surface area contributed by atoms with Gasteiger partial charge in [0.1, 0.15) is 11.7 Å². The number of ether oxygens (including phenoxy) is 1. The number of nitrogens with zero attached hydrogens (tertiary/aromatic N) is 4. The molecule has 0 saturated heterocycles. The number of benzene rings is 1. The number of para-hydroxylation sites is 1. The highest BCUT2D eigenvalue weighted by atomic mass is 16.5. The molecule has 1 atom stereocenters. The highest BCUT2D eigenvalue weighted by molar-refractivity contribution is 5.72. The third-order valence-electron chi connectivity index (χ3n) is 3.99. The standard InChI is InChI=1S/C18H19N5O4/c1-11-17(12(2)22(20-11)10-14(19)18(25)26)27-15-8-9-16(24)23(21-15)13-6-4-3-5-7-13/h3-9,14H,10,19H2,1-2H3,(H,25,26)/t14-/m1/s1. The van der Waals surface area contributed by atoms with Crippen molar-refractivity contribution < 1.29 is 14.6 Å². The van der Waals surface area contributed by atoms with Crippen molar-refractivity contribution >= 4 is 5.97 Å². The van der Waals surface area contributed by atoms with Gasteiger partial charge in [-0.3, -0.25) is 14.3 Å². The Morgan fingerprint density at radius 1 is 1.19 bits per heavy atom. The third kappa shape index (κ3) is 3.87. The minimum Gasteiger partial charge on any atom is -0.480 e. The van der Waals surface area contributed by atoms with Gasteiger partial charge in [-0.15, -0.1) is 5.10 Å². The SMILES string of the molecule is Cc1nn(C[C@@H](N)C(=O)O)c(C)c1Oc1ccc(=O)n(-c2ccccc2)n1. The van der Waals surface area contributed by atoms with Gasteiger partial charge in [-0.1, -0.05) is 18.2 Å². The Morgan fingerprint density at radius 2 is 1.89 bits per heavy atom. The summed E-state index contributed by atoms with van der Waals surface area (Å²) in [6, 6.07) is 10.7. The topological polar surface area (TPSA) is 125 Å². The normalized spacial score (nSPS) is 12.0. The van der Waals surface area contributed by atoms with E-state index in [1.165, 1.54) is 21.5 Å². The van der Waals surface area contributed by atoms with Crippen molar-refractivity contribution in [2.24, 2.45) is 5.73 Å². The van der Waals surface area contributed by atoms with Crippen LogP contribution < -0.4 is 16.0 Å². The van der Waals surface area contributed by atoms with Crippen molar-refractivity contribution in [3.63, 3.8) is 0 Å². The van der Waals surface area contributed by atoms with E-state index < -0.39 is 12.0 Å². The molecule has 27 heavy (non-hydrogen) atoms. The summed E-state index contributed by atoms with van der Waals surface area (Å²) in [5.74, 6) is -0.452. The molecular formula is C18H19N5O4. The van der Waals surface area contributed by atoms with E-state index in [-0.39, 0.29) is 18.0 Å². The Kier molecular flexibility index (Phi) is 5.04. The van der Waals surface area contributed by atoms with Crippen molar-refractivity contribution in [1.82, 2.24) is 19.6 Å². The quantitative estimate of drug-likeness (QED) is 0.670. The summed E-state index contributed by atoms with van der Waals surface area (Å²) >= 11 is 0. The first kappa shape index (κ1) is 18.3. The fraction of sp³-hybridized carbons (Fsp3) is 0.222. The largest absolute Gasteiger partial charge is 0.480 e. The predicted octanol–water partition coefficient (Wildman–Crippen LogP) is 1.25.